The minimum atomic E-state index is -0.682. The molecule has 5 heteroatoms. The Morgan fingerprint density at radius 3 is 2.33 bits per heavy atom. The van der Waals surface area contributed by atoms with Gasteiger partial charge in [-0.05, 0) is 31.6 Å². The fraction of sp³-hybridized carbons (Fsp3) is 0.846. The number of nitrogens with one attached hydrogen (secondary N) is 2. The summed E-state index contributed by atoms with van der Waals surface area (Å²) in [5, 5.41) is 14.9. The number of amides is 1. The molecule has 0 atom stereocenters. The van der Waals surface area contributed by atoms with E-state index in [-0.39, 0.29) is 11.8 Å². The molecule has 1 saturated carbocycles. The van der Waals surface area contributed by atoms with Gasteiger partial charge in [-0.15, -0.1) is 0 Å². The van der Waals surface area contributed by atoms with E-state index in [1.807, 2.05) is 13.8 Å². The summed E-state index contributed by atoms with van der Waals surface area (Å²) in [6.07, 6.45) is 3.27. The maximum absolute atomic E-state index is 11.5. The second kappa shape index (κ2) is 7.36. The van der Waals surface area contributed by atoms with E-state index in [1.165, 1.54) is 0 Å². The summed E-state index contributed by atoms with van der Waals surface area (Å²) >= 11 is 0. The normalized spacial score (nSPS) is 23.9. The number of hydrogen-bond acceptors (Lipinski definition) is 3. The van der Waals surface area contributed by atoms with Gasteiger partial charge in [-0.2, -0.15) is 0 Å². The monoisotopic (exact) mass is 256 g/mol. The lowest BCUT2D eigenvalue weighted by Crippen LogP contribution is -2.39. The zero-order valence-corrected chi connectivity index (χ0v) is 11.2. The zero-order valence-electron chi connectivity index (χ0n) is 11.2. The molecule has 104 valence electrons. The first-order valence-electron chi connectivity index (χ1n) is 6.72. The van der Waals surface area contributed by atoms with Crippen LogP contribution in [0.4, 0.5) is 0 Å². The van der Waals surface area contributed by atoms with Crippen molar-refractivity contribution in [2.75, 3.05) is 13.1 Å². The van der Waals surface area contributed by atoms with Gasteiger partial charge in [0.25, 0.3) is 0 Å². The van der Waals surface area contributed by atoms with Crippen LogP contribution in [0.25, 0.3) is 0 Å². The molecule has 1 aliphatic carbocycles. The topological polar surface area (TPSA) is 78.4 Å². The van der Waals surface area contributed by atoms with E-state index in [2.05, 4.69) is 10.6 Å². The third-order valence-corrected chi connectivity index (χ3v) is 3.45. The highest BCUT2D eigenvalue weighted by molar-refractivity contribution is 5.78. The van der Waals surface area contributed by atoms with Crippen molar-refractivity contribution in [3.05, 3.63) is 0 Å². The Hall–Kier alpha value is -1.10. The number of carbonyl (C=O) groups is 2. The van der Waals surface area contributed by atoms with Crippen LogP contribution in [0.1, 0.15) is 39.5 Å². The highest BCUT2D eigenvalue weighted by atomic mass is 16.4. The first kappa shape index (κ1) is 15.0. The van der Waals surface area contributed by atoms with Crippen LogP contribution in [0.5, 0.6) is 0 Å². The molecule has 0 bridgehead atoms. The van der Waals surface area contributed by atoms with Crippen LogP contribution in [0.15, 0.2) is 0 Å². The van der Waals surface area contributed by atoms with Gasteiger partial charge >= 0.3 is 5.97 Å². The molecule has 0 aliphatic heterocycles. The first-order valence-corrected chi connectivity index (χ1v) is 6.72. The Balaban J connectivity index is 2.14. The van der Waals surface area contributed by atoms with Gasteiger partial charge in [-0.25, -0.2) is 0 Å². The van der Waals surface area contributed by atoms with Gasteiger partial charge in [0.15, 0.2) is 0 Å². The molecule has 1 aliphatic rings. The van der Waals surface area contributed by atoms with Crippen LogP contribution < -0.4 is 10.6 Å². The van der Waals surface area contributed by atoms with E-state index in [0.717, 1.165) is 25.7 Å². The van der Waals surface area contributed by atoms with Crippen molar-refractivity contribution >= 4 is 11.9 Å². The van der Waals surface area contributed by atoms with Crippen LogP contribution in [0.3, 0.4) is 0 Å². The molecule has 0 aromatic rings. The summed E-state index contributed by atoms with van der Waals surface area (Å²) in [4.78, 5) is 22.3. The lowest BCUT2D eigenvalue weighted by atomic mass is 9.82. The lowest BCUT2D eigenvalue weighted by molar-refractivity contribution is -0.143. The average molecular weight is 256 g/mol. The molecule has 0 aromatic carbocycles. The maximum atomic E-state index is 11.5. The number of carboxylic acid groups (broad SMARTS) is 1. The quantitative estimate of drug-likeness (QED) is 0.662. The molecule has 0 radical (unpaired) electrons. The van der Waals surface area contributed by atoms with Gasteiger partial charge in [0.2, 0.25) is 5.91 Å². The van der Waals surface area contributed by atoms with Gasteiger partial charge in [-0.1, -0.05) is 13.8 Å². The van der Waals surface area contributed by atoms with Crippen LogP contribution in [-0.2, 0) is 9.59 Å². The summed E-state index contributed by atoms with van der Waals surface area (Å²) in [7, 11) is 0. The Kier molecular flexibility index (Phi) is 6.12. The Bertz CT molecular complexity index is 284. The van der Waals surface area contributed by atoms with Crippen molar-refractivity contribution in [1.29, 1.82) is 0 Å². The largest absolute Gasteiger partial charge is 0.481 e. The van der Waals surface area contributed by atoms with Crippen molar-refractivity contribution in [1.82, 2.24) is 10.6 Å². The summed E-state index contributed by atoms with van der Waals surface area (Å²) in [6.45, 7) is 5.02. The van der Waals surface area contributed by atoms with Gasteiger partial charge in [0, 0.05) is 12.6 Å². The average Bonchev–Trinajstić information content (AvgIpc) is 2.34. The Morgan fingerprint density at radius 1 is 1.22 bits per heavy atom. The summed E-state index contributed by atoms with van der Waals surface area (Å²) in [6, 6.07) is 0.307. The molecule has 0 spiro atoms. The second-order valence-corrected chi connectivity index (χ2v) is 5.40. The highest BCUT2D eigenvalue weighted by Crippen LogP contribution is 2.28. The SMILES string of the molecule is CC(C)NCC(=O)NCC1CCC(C(=O)O)CC1. The molecule has 5 nitrogen and oxygen atoms in total. The van der Waals surface area contributed by atoms with Crippen LogP contribution in [0, 0.1) is 11.8 Å². The van der Waals surface area contributed by atoms with E-state index in [4.69, 9.17) is 5.11 Å². The number of carboxylic acids is 1. The molecule has 18 heavy (non-hydrogen) atoms. The molecule has 0 unspecified atom stereocenters. The predicted molar refractivity (Wildman–Crippen MR) is 69.2 cm³/mol. The number of rotatable bonds is 6. The minimum absolute atomic E-state index is 0.0176. The summed E-state index contributed by atoms with van der Waals surface area (Å²) < 4.78 is 0. The molecule has 3 N–H and O–H groups in total. The van der Waals surface area contributed by atoms with Crippen molar-refractivity contribution < 1.29 is 14.7 Å². The minimum Gasteiger partial charge on any atom is -0.481 e. The van der Waals surface area contributed by atoms with Crippen molar-refractivity contribution in [3.8, 4) is 0 Å². The van der Waals surface area contributed by atoms with Crippen LogP contribution >= 0.6 is 0 Å². The van der Waals surface area contributed by atoms with Crippen LogP contribution in [0.2, 0.25) is 0 Å². The first-order chi connectivity index (χ1) is 8.49. The molecular formula is C13H24N2O3. The summed E-state index contributed by atoms with van der Waals surface area (Å²) in [5.41, 5.74) is 0. The van der Waals surface area contributed by atoms with Gasteiger partial charge in [-0.3, -0.25) is 9.59 Å². The standard InChI is InChI=1S/C13H24N2O3/c1-9(2)14-8-12(16)15-7-10-3-5-11(6-4-10)13(17)18/h9-11,14H,3-8H2,1-2H3,(H,15,16)(H,17,18). The molecule has 1 amide bonds. The molecule has 1 fully saturated rings. The predicted octanol–water partition coefficient (Wildman–Crippen LogP) is 0.992. The highest BCUT2D eigenvalue weighted by Gasteiger charge is 2.25. The maximum Gasteiger partial charge on any atom is 0.306 e. The van der Waals surface area contributed by atoms with E-state index < -0.39 is 5.97 Å². The van der Waals surface area contributed by atoms with Gasteiger partial charge in [0.1, 0.15) is 0 Å². The molecular weight excluding hydrogens is 232 g/mol. The fourth-order valence-electron chi connectivity index (χ4n) is 2.23. The van der Waals surface area contributed by atoms with Crippen LogP contribution in [-0.4, -0.2) is 36.1 Å². The van der Waals surface area contributed by atoms with Gasteiger partial charge < -0.3 is 15.7 Å². The molecule has 0 saturated heterocycles. The fourth-order valence-corrected chi connectivity index (χ4v) is 2.23. The van der Waals surface area contributed by atoms with E-state index in [1.54, 1.807) is 0 Å². The smallest absolute Gasteiger partial charge is 0.306 e. The van der Waals surface area contributed by atoms with Gasteiger partial charge in [0.05, 0.1) is 12.5 Å². The third-order valence-electron chi connectivity index (χ3n) is 3.45. The number of hydrogen-bond donors (Lipinski definition) is 3. The van der Waals surface area contributed by atoms with Crippen molar-refractivity contribution in [2.45, 2.75) is 45.6 Å². The Morgan fingerprint density at radius 2 is 1.83 bits per heavy atom. The summed E-state index contributed by atoms with van der Waals surface area (Å²) in [5.74, 6) is -0.411. The lowest BCUT2D eigenvalue weighted by Gasteiger charge is -2.26. The van der Waals surface area contributed by atoms with E-state index in [9.17, 15) is 9.59 Å². The Labute approximate surface area is 108 Å². The number of aliphatic carboxylic acids is 1. The van der Waals surface area contributed by atoms with E-state index >= 15 is 0 Å². The van der Waals surface area contributed by atoms with Crippen molar-refractivity contribution in [3.63, 3.8) is 0 Å². The molecule has 0 aromatic heterocycles. The second-order valence-electron chi connectivity index (χ2n) is 5.40. The zero-order chi connectivity index (χ0) is 13.5. The molecule has 0 heterocycles. The van der Waals surface area contributed by atoms with E-state index in [0.29, 0.717) is 25.0 Å². The molecule has 1 rings (SSSR count). The van der Waals surface area contributed by atoms with Crippen molar-refractivity contribution in [2.24, 2.45) is 11.8 Å². The third kappa shape index (κ3) is 5.49. The number of carbonyl (C=O) groups excluding carboxylic acids is 1.